The molecule has 0 bridgehead atoms. The quantitative estimate of drug-likeness (QED) is 0.334. The number of imide groups is 2. The van der Waals surface area contributed by atoms with Crippen LogP contribution in [0.5, 0.6) is 0 Å². The van der Waals surface area contributed by atoms with Crippen LogP contribution in [0.25, 0.3) is 0 Å². The first kappa shape index (κ1) is 14.8. The summed E-state index contributed by atoms with van der Waals surface area (Å²) < 4.78 is 0. The first-order valence-corrected chi connectivity index (χ1v) is 5.65. The van der Waals surface area contributed by atoms with Gasteiger partial charge in [0.05, 0.1) is 0 Å². The second-order valence-corrected chi connectivity index (χ2v) is 4.09. The predicted octanol–water partition coefficient (Wildman–Crippen LogP) is -1.75. The van der Waals surface area contributed by atoms with Gasteiger partial charge in [0.15, 0.2) is 5.92 Å². The monoisotopic (exact) mass is 268 g/mol. The van der Waals surface area contributed by atoms with E-state index in [0.717, 1.165) is 16.0 Å². The van der Waals surface area contributed by atoms with Crippen LogP contribution < -0.4 is 5.11 Å². The van der Waals surface area contributed by atoms with Crippen LogP contribution in [0.4, 0.5) is 4.79 Å². The van der Waals surface area contributed by atoms with Gasteiger partial charge in [-0.25, -0.2) is 4.79 Å². The van der Waals surface area contributed by atoms with E-state index in [0.29, 0.717) is 0 Å². The molecule has 1 saturated heterocycles. The first-order valence-electron chi connectivity index (χ1n) is 5.65. The number of carbonyl (C=O) groups is 4. The fraction of sp³-hybridized carbons (Fsp3) is 0.545. The molecular weight excluding hydrogens is 254 g/mol. The van der Waals surface area contributed by atoms with Crippen LogP contribution in [0.3, 0.4) is 0 Å². The number of carboxylic acid groups (broad SMARTS) is 1. The van der Waals surface area contributed by atoms with Crippen molar-refractivity contribution in [3.8, 4) is 0 Å². The van der Waals surface area contributed by atoms with Crippen LogP contribution in [0.15, 0.2) is 4.99 Å². The van der Waals surface area contributed by atoms with Crippen molar-refractivity contribution in [3.63, 3.8) is 0 Å². The summed E-state index contributed by atoms with van der Waals surface area (Å²) in [4.78, 5) is 50.6. The number of amides is 4. The van der Waals surface area contributed by atoms with Gasteiger partial charge in [0.2, 0.25) is 11.8 Å². The summed E-state index contributed by atoms with van der Waals surface area (Å²) in [6, 6.07) is -0.684. The smallest absolute Gasteiger partial charge is 0.332 e. The Morgan fingerprint density at radius 3 is 2.26 bits per heavy atom. The predicted molar refractivity (Wildman–Crippen MR) is 62.0 cm³/mol. The molecule has 0 atom stereocenters. The van der Waals surface area contributed by atoms with Crippen molar-refractivity contribution in [2.75, 3.05) is 20.6 Å². The normalized spacial score (nSPS) is 17.7. The molecule has 0 spiro atoms. The molecule has 0 aliphatic carbocycles. The van der Waals surface area contributed by atoms with Gasteiger partial charge in [-0.2, -0.15) is 0 Å². The van der Waals surface area contributed by atoms with Crippen molar-refractivity contribution in [1.82, 2.24) is 9.80 Å². The summed E-state index contributed by atoms with van der Waals surface area (Å²) in [6.45, 7) is 0.173. The SMILES string of the molecule is CN1C(=O)C(C=NCCCC(=O)[O-])C(=O)N(C)C1=O. The van der Waals surface area contributed by atoms with E-state index in [9.17, 15) is 24.3 Å². The van der Waals surface area contributed by atoms with Crippen molar-refractivity contribution >= 4 is 30.0 Å². The molecule has 19 heavy (non-hydrogen) atoms. The van der Waals surface area contributed by atoms with Gasteiger partial charge < -0.3 is 9.90 Å². The average molecular weight is 268 g/mol. The molecule has 8 heteroatoms. The van der Waals surface area contributed by atoms with E-state index in [-0.39, 0.29) is 19.4 Å². The Balaban J connectivity index is 2.63. The molecule has 1 fully saturated rings. The third-order valence-corrected chi connectivity index (χ3v) is 2.69. The molecule has 4 amide bonds. The summed E-state index contributed by atoms with van der Waals surface area (Å²) in [7, 11) is 2.56. The minimum atomic E-state index is -1.18. The Morgan fingerprint density at radius 1 is 1.26 bits per heavy atom. The Morgan fingerprint density at radius 2 is 1.79 bits per heavy atom. The summed E-state index contributed by atoms with van der Waals surface area (Å²) in [5, 5.41) is 10.2. The van der Waals surface area contributed by atoms with Crippen LogP contribution in [0, 0.1) is 5.92 Å². The fourth-order valence-corrected chi connectivity index (χ4v) is 1.56. The molecule has 0 N–H and O–H groups in total. The average Bonchev–Trinajstić information content (AvgIpc) is 2.37. The van der Waals surface area contributed by atoms with Crippen LogP contribution in [0.2, 0.25) is 0 Å². The number of carbonyl (C=O) groups excluding carboxylic acids is 4. The van der Waals surface area contributed by atoms with Crippen LogP contribution in [-0.4, -0.2) is 60.5 Å². The van der Waals surface area contributed by atoms with E-state index in [1.54, 1.807) is 0 Å². The van der Waals surface area contributed by atoms with Gasteiger partial charge in [-0.05, 0) is 12.8 Å². The summed E-state index contributed by atoms with van der Waals surface area (Å²) in [6.07, 6.45) is 1.28. The molecule has 0 aromatic heterocycles. The molecule has 0 unspecified atom stereocenters. The van der Waals surface area contributed by atoms with E-state index in [2.05, 4.69) is 4.99 Å². The molecule has 0 saturated carbocycles. The topological polar surface area (TPSA) is 110 Å². The number of aliphatic imine (C=N–C) groups is 1. The van der Waals surface area contributed by atoms with E-state index >= 15 is 0 Å². The van der Waals surface area contributed by atoms with Crippen molar-refractivity contribution in [1.29, 1.82) is 0 Å². The molecule has 104 valence electrons. The highest BCUT2D eigenvalue weighted by Gasteiger charge is 2.41. The largest absolute Gasteiger partial charge is 0.550 e. The first-order chi connectivity index (χ1) is 8.86. The van der Waals surface area contributed by atoms with Gasteiger partial charge >= 0.3 is 6.03 Å². The highest BCUT2D eigenvalue weighted by molar-refractivity contribution is 6.23. The maximum atomic E-state index is 11.7. The number of aliphatic carboxylic acids is 1. The van der Waals surface area contributed by atoms with Crippen molar-refractivity contribution in [2.24, 2.45) is 10.9 Å². The standard InChI is InChI=1S/C11H15N3O5/c1-13-9(17)7(10(18)14(2)11(13)19)6-12-5-3-4-8(15)16/h6-7H,3-5H2,1-2H3,(H,15,16)/p-1. The highest BCUT2D eigenvalue weighted by atomic mass is 16.4. The number of rotatable bonds is 5. The summed E-state index contributed by atoms with van der Waals surface area (Å²) >= 11 is 0. The molecule has 1 heterocycles. The maximum Gasteiger partial charge on any atom is 0.332 e. The van der Waals surface area contributed by atoms with Crippen LogP contribution in [0.1, 0.15) is 12.8 Å². The maximum absolute atomic E-state index is 11.7. The lowest BCUT2D eigenvalue weighted by molar-refractivity contribution is -0.305. The lowest BCUT2D eigenvalue weighted by atomic mass is 10.1. The van der Waals surface area contributed by atoms with E-state index in [4.69, 9.17) is 0 Å². The summed E-state index contributed by atoms with van der Waals surface area (Å²) in [5.74, 6) is -3.59. The van der Waals surface area contributed by atoms with Gasteiger partial charge in [0, 0.05) is 32.8 Å². The Hall–Kier alpha value is -2.25. The molecule has 0 radical (unpaired) electrons. The molecule has 1 aliphatic rings. The lowest BCUT2D eigenvalue weighted by Gasteiger charge is -2.31. The zero-order valence-electron chi connectivity index (χ0n) is 10.7. The molecule has 8 nitrogen and oxygen atoms in total. The Kier molecular flexibility index (Phi) is 4.74. The number of nitrogens with zero attached hydrogens (tertiary/aromatic N) is 3. The van der Waals surface area contributed by atoms with Crippen molar-refractivity contribution in [2.45, 2.75) is 12.8 Å². The van der Waals surface area contributed by atoms with E-state index in [1.165, 1.54) is 14.1 Å². The number of carboxylic acids is 1. The van der Waals surface area contributed by atoms with Gasteiger partial charge in [0.1, 0.15) is 0 Å². The highest BCUT2D eigenvalue weighted by Crippen LogP contribution is 2.13. The number of hydrogen-bond donors (Lipinski definition) is 0. The summed E-state index contributed by atoms with van der Waals surface area (Å²) in [5.41, 5.74) is 0. The fourth-order valence-electron chi connectivity index (χ4n) is 1.56. The van der Waals surface area contributed by atoms with Gasteiger partial charge in [-0.3, -0.25) is 24.4 Å². The Bertz CT molecular complexity index is 422. The zero-order chi connectivity index (χ0) is 14.6. The van der Waals surface area contributed by atoms with E-state index in [1.807, 2.05) is 0 Å². The molecule has 0 aromatic rings. The molecular formula is C11H14N3O5-. The minimum Gasteiger partial charge on any atom is -0.550 e. The minimum absolute atomic E-state index is 0.137. The molecule has 0 aromatic carbocycles. The second-order valence-electron chi connectivity index (χ2n) is 4.09. The van der Waals surface area contributed by atoms with Crippen molar-refractivity contribution < 1.29 is 24.3 Å². The van der Waals surface area contributed by atoms with Crippen LogP contribution in [-0.2, 0) is 14.4 Å². The third kappa shape index (κ3) is 3.36. The van der Waals surface area contributed by atoms with Crippen LogP contribution >= 0.6 is 0 Å². The van der Waals surface area contributed by atoms with Gasteiger partial charge in [-0.1, -0.05) is 0 Å². The molecule has 1 aliphatic heterocycles. The third-order valence-electron chi connectivity index (χ3n) is 2.69. The number of urea groups is 1. The number of barbiturate groups is 1. The zero-order valence-corrected chi connectivity index (χ0v) is 10.7. The number of hydrogen-bond acceptors (Lipinski definition) is 6. The van der Waals surface area contributed by atoms with E-state index < -0.39 is 29.7 Å². The van der Waals surface area contributed by atoms with Gasteiger partial charge in [-0.15, -0.1) is 0 Å². The molecule has 1 rings (SSSR count). The Labute approximate surface area is 109 Å². The van der Waals surface area contributed by atoms with Gasteiger partial charge in [0.25, 0.3) is 0 Å². The lowest BCUT2D eigenvalue weighted by Crippen LogP contribution is -2.57. The second kappa shape index (κ2) is 6.07. The van der Waals surface area contributed by atoms with Crippen molar-refractivity contribution in [3.05, 3.63) is 0 Å².